The fourth-order valence-electron chi connectivity index (χ4n) is 3.76. The van der Waals surface area contributed by atoms with E-state index in [0.717, 1.165) is 33.2 Å². The van der Waals surface area contributed by atoms with Crippen molar-refractivity contribution in [2.75, 3.05) is 26.3 Å². The summed E-state index contributed by atoms with van der Waals surface area (Å²) in [4.78, 5) is 13.0. The monoisotopic (exact) mass is 432 g/mol. The van der Waals surface area contributed by atoms with Crippen LogP contribution in [0.5, 0.6) is 0 Å². The van der Waals surface area contributed by atoms with Gasteiger partial charge in [-0.1, -0.05) is 6.07 Å². The molecule has 31 heavy (non-hydrogen) atoms. The van der Waals surface area contributed by atoms with Crippen LogP contribution in [0.25, 0.3) is 33.2 Å². The lowest BCUT2D eigenvalue weighted by atomic mass is 9.98. The topological polar surface area (TPSA) is 85.3 Å². The van der Waals surface area contributed by atoms with Crippen LogP contribution in [0.2, 0.25) is 0 Å². The van der Waals surface area contributed by atoms with Gasteiger partial charge >= 0.3 is 0 Å². The molecule has 0 saturated carbocycles. The van der Waals surface area contributed by atoms with Crippen molar-refractivity contribution in [1.82, 2.24) is 19.3 Å². The lowest BCUT2D eigenvalue weighted by Gasteiger charge is -2.26. The molecule has 7 nitrogen and oxygen atoms in total. The first kappa shape index (κ1) is 19.7. The molecule has 3 aromatic heterocycles. The quantitative estimate of drug-likeness (QED) is 0.492. The van der Waals surface area contributed by atoms with E-state index in [1.165, 1.54) is 10.5 Å². The van der Waals surface area contributed by atoms with Crippen molar-refractivity contribution in [3.63, 3.8) is 0 Å². The number of nitrogens with zero attached hydrogens (tertiary/aromatic N) is 4. The highest BCUT2D eigenvalue weighted by Crippen LogP contribution is 2.31. The van der Waals surface area contributed by atoms with Gasteiger partial charge in [0.15, 0.2) is 0 Å². The third-order valence-corrected chi connectivity index (χ3v) is 7.25. The second kappa shape index (κ2) is 8.14. The number of fused-ring (bicyclic) bond motifs is 1. The molecular formula is C23H20N4O3S. The highest BCUT2D eigenvalue weighted by atomic mass is 32.2. The molecule has 0 bridgehead atoms. The van der Waals surface area contributed by atoms with Gasteiger partial charge in [-0.3, -0.25) is 15.0 Å². The molecule has 0 atom stereocenters. The minimum absolute atomic E-state index is 0.188. The van der Waals surface area contributed by atoms with Crippen LogP contribution in [0.1, 0.15) is 0 Å². The number of sulfonamides is 1. The Hall–Kier alpha value is -3.20. The molecule has 5 rings (SSSR count). The summed E-state index contributed by atoms with van der Waals surface area (Å²) in [5.74, 6) is 0. The minimum atomic E-state index is -3.61. The molecule has 1 aliphatic rings. The molecule has 0 amide bonds. The van der Waals surface area contributed by atoms with Crippen LogP contribution in [0.4, 0.5) is 0 Å². The Morgan fingerprint density at radius 1 is 0.806 bits per heavy atom. The summed E-state index contributed by atoms with van der Waals surface area (Å²) < 4.78 is 32.8. The van der Waals surface area contributed by atoms with Gasteiger partial charge in [0.2, 0.25) is 10.0 Å². The number of aromatic nitrogens is 3. The molecule has 0 radical (unpaired) electrons. The number of rotatable bonds is 4. The second-order valence-corrected chi connectivity index (χ2v) is 9.19. The predicted octanol–water partition coefficient (Wildman–Crippen LogP) is 3.38. The van der Waals surface area contributed by atoms with Gasteiger partial charge in [0.1, 0.15) is 4.90 Å². The average molecular weight is 433 g/mol. The Kier molecular flexibility index (Phi) is 5.19. The first-order valence-corrected chi connectivity index (χ1v) is 11.4. The van der Waals surface area contributed by atoms with Gasteiger partial charge in [0.05, 0.1) is 18.7 Å². The second-order valence-electron chi connectivity index (χ2n) is 7.25. The van der Waals surface area contributed by atoms with Crippen LogP contribution in [0, 0.1) is 0 Å². The van der Waals surface area contributed by atoms with Gasteiger partial charge in [-0.25, -0.2) is 8.42 Å². The van der Waals surface area contributed by atoms with E-state index >= 15 is 0 Å². The zero-order valence-corrected chi connectivity index (χ0v) is 17.5. The number of pyridine rings is 3. The summed E-state index contributed by atoms with van der Waals surface area (Å²) in [6, 6.07) is 13.5. The van der Waals surface area contributed by atoms with Crippen LogP contribution in [-0.2, 0) is 14.8 Å². The van der Waals surface area contributed by atoms with Gasteiger partial charge in [-0.15, -0.1) is 0 Å². The fourth-order valence-corrected chi connectivity index (χ4v) is 5.16. The molecule has 8 heteroatoms. The molecule has 1 aromatic carbocycles. The van der Waals surface area contributed by atoms with E-state index in [4.69, 9.17) is 4.74 Å². The van der Waals surface area contributed by atoms with Crippen LogP contribution >= 0.6 is 0 Å². The van der Waals surface area contributed by atoms with Gasteiger partial charge in [-0.2, -0.15) is 4.31 Å². The summed E-state index contributed by atoms with van der Waals surface area (Å²) in [6.45, 7) is 1.51. The molecule has 156 valence electrons. The summed E-state index contributed by atoms with van der Waals surface area (Å²) >= 11 is 0. The van der Waals surface area contributed by atoms with E-state index < -0.39 is 10.0 Å². The molecular weight excluding hydrogens is 412 g/mol. The number of benzene rings is 1. The van der Waals surface area contributed by atoms with Crippen molar-refractivity contribution >= 4 is 20.9 Å². The van der Waals surface area contributed by atoms with Crippen molar-refractivity contribution in [3.8, 4) is 22.3 Å². The van der Waals surface area contributed by atoms with Crippen LogP contribution in [0.15, 0.2) is 78.3 Å². The van der Waals surface area contributed by atoms with Crippen molar-refractivity contribution in [3.05, 3.63) is 73.4 Å². The molecule has 4 heterocycles. The number of ether oxygens (including phenoxy) is 1. The standard InChI is InChI=1S/C23H20N4O3S/c28-31(29,27-9-11-30-12-10-27)20-13-19(15-25-16-20)18-1-2-23-22(14-18)21(5-8-26-23)17-3-6-24-7-4-17/h1-8,13-16H,9-12H2. The highest BCUT2D eigenvalue weighted by Gasteiger charge is 2.27. The highest BCUT2D eigenvalue weighted by molar-refractivity contribution is 7.89. The smallest absolute Gasteiger partial charge is 0.244 e. The maximum Gasteiger partial charge on any atom is 0.244 e. The van der Waals surface area contributed by atoms with Crippen molar-refractivity contribution in [2.24, 2.45) is 0 Å². The third-order valence-electron chi connectivity index (χ3n) is 5.39. The van der Waals surface area contributed by atoms with Crippen LogP contribution in [0.3, 0.4) is 0 Å². The number of morpholine rings is 1. The van der Waals surface area contributed by atoms with Crippen LogP contribution in [-0.4, -0.2) is 54.0 Å². The molecule has 0 spiro atoms. The molecule has 0 N–H and O–H groups in total. The molecule has 4 aromatic rings. The summed E-state index contributed by atoms with van der Waals surface area (Å²) in [7, 11) is -3.61. The molecule has 0 unspecified atom stereocenters. The Morgan fingerprint density at radius 3 is 2.42 bits per heavy atom. The normalized spacial score (nSPS) is 15.2. The zero-order valence-electron chi connectivity index (χ0n) is 16.7. The maximum absolute atomic E-state index is 13.0. The van der Waals surface area contributed by atoms with Gasteiger partial charge < -0.3 is 4.74 Å². The van der Waals surface area contributed by atoms with Crippen molar-refractivity contribution in [1.29, 1.82) is 0 Å². The first-order chi connectivity index (χ1) is 15.1. The van der Waals surface area contributed by atoms with E-state index in [1.807, 2.05) is 36.4 Å². The Morgan fingerprint density at radius 2 is 1.61 bits per heavy atom. The lowest BCUT2D eigenvalue weighted by Crippen LogP contribution is -2.40. The molecule has 1 aliphatic heterocycles. The largest absolute Gasteiger partial charge is 0.379 e. The predicted molar refractivity (Wildman–Crippen MR) is 118 cm³/mol. The van der Waals surface area contributed by atoms with Crippen LogP contribution < -0.4 is 0 Å². The van der Waals surface area contributed by atoms with E-state index in [2.05, 4.69) is 15.0 Å². The molecule has 1 fully saturated rings. The maximum atomic E-state index is 13.0. The SMILES string of the molecule is O=S(=O)(c1cncc(-c2ccc3nccc(-c4ccncc4)c3c2)c1)N1CCOCC1. The van der Waals surface area contributed by atoms with Crippen molar-refractivity contribution < 1.29 is 13.2 Å². The summed E-state index contributed by atoms with van der Waals surface area (Å²) in [5, 5.41) is 0.979. The van der Waals surface area contributed by atoms with Gasteiger partial charge in [0, 0.05) is 55.0 Å². The van der Waals surface area contributed by atoms with E-state index in [9.17, 15) is 8.42 Å². The Labute approximate surface area is 180 Å². The average Bonchev–Trinajstić information content (AvgIpc) is 2.84. The Bertz CT molecular complexity index is 1340. The lowest BCUT2D eigenvalue weighted by molar-refractivity contribution is 0.0730. The summed E-state index contributed by atoms with van der Waals surface area (Å²) in [6.07, 6.45) is 8.39. The van der Waals surface area contributed by atoms with Gasteiger partial charge in [-0.05, 0) is 53.1 Å². The first-order valence-electron chi connectivity index (χ1n) is 9.95. The number of hydrogen-bond donors (Lipinski definition) is 0. The minimum Gasteiger partial charge on any atom is -0.379 e. The molecule has 0 aliphatic carbocycles. The zero-order chi connectivity index (χ0) is 21.3. The molecule has 1 saturated heterocycles. The van der Waals surface area contributed by atoms with E-state index in [-0.39, 0.29) is 4.90 Å². The fraction of sp³-hybridized carbons (Fsp3) is 0.174. The Balaban J connectivity index is 1.58. The number of hydrogen-bond acceptors (Lipinski definition) is 6. The van der Waals surface area contributed by atoms with Crippen molar-refractivity contribution in [2.45, 2.75) is 4.90 Å². The van der Waals surface area contributed by atoms with E-state index in [0.29, 0.717) is 26.3 Å². The van der Waals surface area contributed by atoms with Gasteiger partial charge in [0.25, 0.3) is 0 Å². The summed E-state index contributed by atoms with van der Waals surface area (Å²) in [5.41, 5.74) is 4.56. The third kappa shape index (κ3) is 3.81. The van der Waals surface area contributed by atoms with E-state index in [1.54, 1.807) is 30.9 Å².